The van der Waals surface area contributed by atoms with Gasteiger partial charge in [0, 0.05) is 41.8 Å². The van der Waals surface area contributed by atoms with Gasteiger partial charge in [-0.25, -0.2) is 9.79 Å². The van der Waals surface area contributed by atoms with Crippen LogP contribution in [0.1, 0.15) is 16.9 Å². The number of fused-ring (bicyclic) bond motifs is 1. The monoisotopic (exact) mass is 458 g/mol. The number of nitrogens with one attached hydrogen (secondary N) is 3. The summed E-state index contributed by atoms with van der Waals surface area (Å²) < 4.78 is 5.72. The summed E-state index contributed by atoms with van der Waals surface area (Å²) in [5, 5.41) is 28.4. The Morgan fingerprint density at radius 1 is 1.12 bits per heavy atom. The van der Waals surface area contributed by atoms with Crippen molar-refractivity contribution in [2.45, 2.75) is 20.4 Å². The summed E-state index contributed by atoms with van der Waals surface area (Å²) in [4.78, 5) is 16.9. The minimum Gasteiger partial charge on any atom is -0.461 e. The van der Waals surface area contributed by atoms with E-state index in [2.05, 4.69) is 20.9 Å². The molecule has 0 spiro atoms. The number of hydrogen-bond donors (Lipinski definition) is 5. The minimum absolute atomic E-state index is 0.128. The van der Waals surface area contributed by atoms with Crippen LogP contribution >= 0.6 is 11.6 Å². The first kappa shape index (κ1) is 23.6. The molecule has 8 nitrogen and oxygen atoms in total. The summed E-state index contributed by atoms with van der Waals surface area (Å²) in [5.41, 5.74) is 3.50. The molecule has 5 N–H and O–H groups in total. The first-order valence-corrected chi connectivity index (χ1v) is 10.6. The molecular weight excluding hydrogens is 432 g/mol. The maximum atomic E-state index is 12.4. The van der Waals surface area contributed by atoms with Crippen molar-refractivity contribution >= 4 is 40.2 Å². The molecule has 2 amide bonds. The Kier molecular flexibility index (Phi) is 8.10. The second kappa shape index (κ2) is 11.0. The molecule has 0 saturated heterocycles. The van der Waals surface area contributed by atoms with E-state index in [1.165, 1.54) is 0 Å². The number of aliphatic imine (C=N–C) groups is 1. The minimum atomic E-state index is -0.504. The smallest absolute Gasteiger partial charge is 0.321 e. The Labute approximate surface area is 191 Å². The van der Waals surface area contributed by atoms with Crippen molar-refractivity contribution in [1.82, 2.24) is 10.6 Å². The van der Waals surface area contributed by atoms with E-state index >= 15 is 0 Å². The molecule has 0 saturated carbocycles. The van der Waals surface area contributed by atoms with Crippen LogP contribution < -0.4 is 16.0 Å². The maximum Gasteiger partial charge on any atom is 0.321 e. The Morgan fingerprint density at radius 2 is 1.84 bits per heavy atom. The lowest BCUT2D eigenvalue weighted by atomic mass is 10.1. The van der Waals surface area contributed by atoms with Crippen LogP contribution in [-0.2, 0) is 6.54 Å². The molecule has 0 fully saturated rings. The van der Waals surface area contributed by atoms with Gasteiger partial charge in [0.15, 0.2) is 0 Å². The van der Waals surface area contributed by atoms with Gasteiger partial charge in [-0.05, 0) is 55.3 Å². The van der Waals surface area contributed by atoms with Gasteiger partial charge in [0.2, 0.25) is 5.96 Å². The molecule has 0 unspecified atom stereocenters. The van der Waals surface area contributed by atoms with E-state index in [0.717, 1.165) is 33.5 Å². The van der Waals surface area contributed by atoms with Gasteiger partial charge >= 0.3 is 6.03 Å². The number of amides is 2. The van der Waals surface area contributed by atoms with Crippen molar-refractivity contribution in [1.29, 1.82) is 0 Å². The van der Waals surface area contributed by atoms with Gasteiger partial charge in [0.1, 0.15) is 11.3 Å². The van der Waals surface area contributed by atoms with Crippen molar-refractivity contribution in [2.75, 3.05) is 25.1 Å². The van der Waals surface area contributed by atoms with E-state index in [1.807, 2.05) is 44.2 Å². The molecule has 3 aromatic rings. The summed E-state index contributed by atoms with van der Waals surface area (Å²) in [6, 6.07) is 12.4. The number of carbonyl (C=O) groups is 1. The van der Waals surface area contributed by atoms with Gasteiger partial charge in [0.25, 0.3) is 0 Å². The zero-order chi connectivity index (χ0) is 23.1. The van der Waals surface area contributed by atoms with Gasteiger partial charge in [-0.1, -0.05) is 23.7 Å². The Bertz CT molecular complexity index is 1090. The number of carbonyl (C=O) groups excluding carboxylic acids is 1. The molecule has 170 valence electrons. The van der Waals surface area contributed by atoms with Gasteiger partial charge in [-0.3, -0.25) is 5.32 Å². The van der Waals surface area contributed by atoms with Crippen molar-refractivity contribution in [3.8, 4) is 0 Å². The van der Waals surface area contributed by atoms with Crippen LogP contribution in [0.3, 0.4) is 0 Å². The number of benzene rings is 2. The van der Waals surface area contributed by atoms with Crippen LogP contribution in [0.5, 0.6) is 0 Å². The third kappa shape index (κ3) is 6.23. The number of rotatable bonds is 7. The number of aryl methyl sites for hydroxylation is 2. The largest absolute Gasteiger partial charge is 0.461 e. The third-order valence-corrected chi connectivity index (χ3v) is 5.32. The first-order valence-electron chi connectivity index (χ1n) is 10.2. The molecular formula is C23H27ClN4O4. The predicted octanol–water partition coefficient (Wildman–Crippen LogP) is 3.57. The number of furan rings is 1. The summed E-state index contributed by atoms with van der Waals surface area (Å²) in [6.45, 7) is 3.90. The number of halogens is 1. The van der Waals surface area contributed by atoms with E-state index in [9.17, 15) is 15.0 Å². The highest BCUT2D eigenvalue weighted by molar-refractivity contribution is 6.30. The fourth-order valence-electron chi connectivity index (χ4n) is 3.00. The standard InChI is InChI=1S/C23H27ClN4O4/c1-14-15(2)32-21-8-7-19(9-20(14)21)27-22(25-10-16-3-5-18(24)6-4-16)28-23(31)26-11-17(12-29)13-30/h3-9,17,29-30H,10-13H2,1-2H3,(H3,25,26,27,28,31). The quantitative estimate of drug-likeness (QED) is 0.274. The number of anilines is 1. The van der Waals surface area contributed by atoms with Crippen molar-refractivity contribution in [2.24, 2.45) is 10.9 Å². The van der Waals surface area contributed by atoms with Crippen LogP contribution in [0.4, 0.5) is 10.5 Å². The van der Waals surface area contributed by atoms with Crippen molar-refractivity contribution in [3.63, 3.8) is 0 Å². The molecule has 0 aliphatic rings. The number of guanidine groups is 1. The average molecular weight is 459 g/mol. The maximum absolute atomic E-state index is 12.4. The summed E-state index contributed by atoms with van der Waals surface area (Å²) in [6.07, 6.45) is 0. The normalized spacial score (nSPS) is 11.8. The van der Waals surface area contributed by atoms with E-state index in [4.69, 9.17) is 16.0 Å². The number of urea groups is 1. The fraction of sp³-hybridized carbons (Fsp3) is 0.304. The van der Waals surface area contributed by atoms with Crippen LogP contribution in [0.2, 0.25) is 5.02 Å². The molecule has 0 aliphatic heterocycles. The average Bonchev–Trinajstić information content (AvgIpc) is 3.07. The number of nitrogens with zero attached hydrogens (tertiary/aromatic N) is 1. The van der Waals surface area contributed by atoms with Crippen LogP contribution in [-0.4, -0.2) is 42.0 Å². The fourth-order valence-corrected chi connectivity index (χ4v) is 3.13. The third-order valence-electron chi connectivity index (χ3n) is 5.07. The van der Waals surface area contributed by atoms with E-state index < -0.39 is 11.9 Å². The molecule has 0 aliphatic carbocycles. The lowest BCUT2D eigenvalue weighted by molar-refractivity contribution is 0.149. The molecule has 2 aromatic carbocycles. The molecule has 1 heterocycles. The zero-order valence-electron chi connectivity index (χ0n) is 18.0. The second-order valence-corrected chi connectivity index (χ2v) is 7.91. The van der Waals surface area contributed by atoms with Gasteiger partial charge < -0.3 is 25.3 Å². The lowest BCUT2D eigenvalue weighted by Crippen LogP contribution is -2.45. The van der Waals surface area contributed by atoms with Crippen molar-refractivity contribution in [3.05, 3.63) is 64.4 Å². The van der Waals surface area contributed by atoms with E-state index in [0.29, 0.717) is 11.6 Å². The van der Waals surface area contributed by atoms with Gasteiger partial charge in [-0.2, -0.15) is 0 Å². The Hall–Kier alpha value is -3.07. The number of hydrogen-bond acceptors (Lipinski definition) is 5. The molecule has 9 heteroatoms. The predicted molar refractivity (Wildman–Crippen MR) is 126 cm³/mol. The highest BCUT2D eigenvalue weighted by atomic mass is 35.5. The van der Waals surface area contributed by atoms with Gasteiger partial charge in [-0.15, -0.1) is 0 Å². The number of aliphatic hydroxyl groups excluding tert-OH is 2. The molecule has 32 heavy (non-hydrogen) atoms. The molecule has 3 rings (SSSR count). The van der Waals surface area contributed by atoms with Crippen molar-refractivity contribution < 1.29 is 19.4 Å². The second-order valence-electron chi connectivity index (χ2n) is 7.48. The molecule has 0 atom stereocenters. The summed E-state index contributed by atoms with van der Waals surface area (Å²) in [7, 11) is 0. The SMILES string of the molecule is Cc1oc2ccc(NC(=NCc3ccc(Cl)cc3)NC(=O)NCC(CO)CO)cc2c1C. The van der Waals surface area contributed by atoms with E-state index in [1.54, 1.807) is 12.1 Å². The van der Waals surface area contributed by atoms with Crippen LogP contribution in [0, 0.1) is 19.8 Å². The van der Waals surface area contributed by atoms with Gasteiger partial charge in [0.05, 0.1) is 6.54 Å². The van der Waals surface area contributed by atoms with E-state index in [-0.39, 0.29) is 25.7 Å². The molecule has 0 radical (unpaired) electrons. The summed E-state index contributed by atoms with van der Waals surface area (Å²) in [5.74, 6) is 0.672. The first-order chi connectivity index (χ1) is 15.4. The highest BCUT2D eigenvalue weighted by Gasteiger charge is 2.12. The molecule has 0 bridgehead atoms. The summed E-state index contributed by atoms with van der Waals surface area (Å²) >= 11 is 5.94. The molecule has 1 aromatic heterocycles. The Balaban J connectivity index is 1.77. The topological polar surface area (TPSA) is 119 Å². The Morgan fingerprint density at radius 3 is 2.53 bits per heavy atom. The zero-order valence-corrected chi connectivity index (χ0v) is 18.7. The van der Waals surface area contributed by atoms with Crippen LogP contribution in [0.25, 0.3) is 11.0 Å². The lowest BCUT2D eigenvalue weighted by Gasteiger charge is -2.15. The highest BCUT2D eigenvalue weighted by Crippen LogP contribution is 2.27. The number of aliphatic hydroxyl groups is 2. The van der Waals surface area contributed by atoms with Crippen LogP contribution in [0.15, 0.2) is 51.9 Å².